The van der Waals surface area contributed by atoms with Crippen molar-refractivity contribution < 1.29 is 12.8 Å². The van der Waals surface area contributed by atoms with Gasteiger partial charge >= 0.3 is 0 Å². The number of hydrogen-bond acceptors (Lipinski definition) is 3. The van der Waals surface area contributed by atoms with Gasteiger partial charge in [-0.1, -0.05) is 29.8 Å². The standard InChI is InChI=1S/C13H12ClFN2O2S/c1-16-10-6-2-3-8-12(10)20(18,19)17-11-7-4-5-9(14)13(11)15/h2-8,16-17H,1H3. The van der Waals surface area contributed by atoms with Crippen LogP contribution in [-0.2, 0) is 10.0 Å². The first-order valence-corrected chi connectivity index (χ1v) is 7.55. The Hall–Kier alpha value is -1.79. The Balaban J connectivity index is 2.44. The Morgan fingerprint density at radius 3 is 2.40 bits per heavy atom. The molecule has 0 fully saturated rings. The molecule has 0 unspecified atom stereocenters. The Labute approximate surface area is 121 Å². The first kappa shape index (κ1) is 14.6. The molecule has 20 heavy (non-hydrogen) atoms. The molecular formula is C13H12ClFN2O2S. The van der Waals surface area contributed by atoms with Gasteiger partial charge < -0.3 is 5.32 Å². The van der Waals surface area contributed by atoms with Gasteiger partial charge in [-0.05, 0) is 24.3 Å². The molecule has 0 saturated carbocycles. The third-order valence-corrected chi connectivity index (χ3v) is 4.36. The minimum Gasteiger partial charge on any atom is -0.387 e. The number of hydrogen-bond donors (Lipinski definition) is 2. The van der Waals surface area contributed by atoms with Crippen LogP contribution in [-0.4, -0.2) is 15.5 Å². The maximum absolute atomic E-state index is 13.8. The fourth-order valence-corrected chi connectivity index (χ4v) is 3.14. The van der Waals surface area contributed by atoms with Crippen molar-refractivity contribution in [2.45, 2.75) is 4.90 Å². The predicted octanol–water partition coefficient (Wildman–Crippen LogP) is 3.32. The average Bonchev–Trinajstić information content (AvgIpc) is 2.43. The molecule has 0 radical (unpaired) electrons. The highest BCUT2D eigenvalue weighted by atomic mass is 35.5. The highest BCUT2D eigenvalue weighted by molar-refractivity contribution is 7.92. The lowest BCUT2D eigenvalue weighted by atomic mass is 10.3. The minimum absolute atomic E-state index is 0.0295. The second-order valence-corrected chi connectivity index (χ2v) is 6.01. The summed E-state index contributed by atoms with van der Waals surface area (Å²) in [6.07, 6.45) is 0. The Kier molecular flexibility index (Phi) is 4.15. The van der Waals surface area contributed by atoms with Gasteiger partial charge in [-0.3, -0.25) is 4.72 Å². The van der Waals surface area contributed by atoms with E-state index in [0.717, 1.165) is 0 Å². The van der Waals surface area contributed by atoms with E-state index in [2.05, 4.69) is 10.0 Å². The molecule has 7 heteroatoms. The van der Waals surface area contributed by atoms with E-state index in [-0.39, 0.29) is 15.6 Å². The van der Waals surface area contributed by atoms with Crippen LogP contribution in [0.4, 0.5) is 15.8 Å². The van der Waals surface area contributed by atoms with Gasteiger partial charge in [0.05, 0.1) is 16.4 Å². The lowest BCUT2D eigenvalue weighted by Gasteiger charge is -2.12. The highest BCUT2D eigenvalue weighted by Crippen LogP contribution is 2.27. The maximum atomic E-state index is 13.8. The van der Waals surface area contributed by atoms with Gasteiger partial charge in [0, 0.05) is 7.05 Å². The van der Waals surface area contributed by atoms with Crippen LogP contribution in [0.3, 0.4) is 0 Å². The second-order valence-electron chi connectivity index (χ2n) is 3.95. The zero-order valence-corrected chi connectivity index (χ0v) is 12.1. The van der Waals surface area contributed by atoms with E-state index < -0.39 is 15.8 Å². The van der Waals surface area contributed by atoms with Crippen LogP contribution in [0, 0.1) is 5.82 Å². The molecule has 0 aromatic heterocycles. The number of anilines is 2. The molecule has 0 atom stereocenters. The third-order valence-electron chi connectivity index (χ3n) is 2.64. The summed E-state index contributed by atoms with van der Waals surface area (Å²) in [5, 5.41) is 2.63. The molecule has 0 spiro atoms. The molecule has 2 aromatic carbocycles. The summed E-state index contributed by atoms with van der Waals surface area (Å²) in [5.74, 6) is -0.806. The van der Waals surface area contributed by atoms with Gasteiger partial charge in [-0.2, -0.15) is 0 Å². The first-order valence-electron chi connectivity index (χ1n) is 5.69. The molecule has 0 aliphatic carbocycles. The van der Waals surface area contributed by atoms with Crippen LogP contribution >= 0.6 is 11.6 Å². The molecule has 2 aromatic rings. The van der Waals surface area contributed by atoms with Gasteiger partial charge in [0.2, 0.25) is 0 Å². The van der Waals surface area contributed by atoms with Gasteiger partial charge in [0.15, 0.2) is 5.82 Å². The zero-order valence-electron chi connectivity index (χ0n) is 10.5. The predicted molar refractivity (Wildman–Crippen MR) is 78.2 cm³/mol. The van der Waals surface area contributed by atoms with Crippen molar-refractivity contribution in [3.05, 3.63) is 53.3 Å². The van der Waals surface area contributed by atoms with E-state index >= 15 is 0 Å². The molecule has 2 rings (SSSR count). The van der Waals surface area contributed by atoms with Crippen LogP contribution in [0.1, 0.15) is 0 Å². The largest absolute Gasteiger partial charge is 0.387 e. The number of halogens is 2. The van der Waals surface area contributed by atoms with E-state index in [1.807, 2.05) is 0 Å². The topological polar surface area (TPSA) is 58.2 Å². The highest BCUT2D eigenvalue weighted by Gasteiger charge is 2.20. The van der Waals surface area contributed by atoms with Gasteiger partial charge in [-0.15, -0.1) is 0 Å². The van der Waals surface area contributed by atoms with E-state index in [1.54, 1.807) is 25.2 Å². The van der Waals surface area contributed by atoms with Gasteiger partial charge in [0.1, 0.15) is 4.90 Å². The summed E-state index contributed by atoms with van der Waals surface area (Å²) in [5.41, 5.74) is 0.228. The molecular weight excluding hydrogens is 303 g/mol. The van der Waals surface area contributed by atoms with Crippen LogP contribution in [0.5, 0.6) is 0 Å². The number of nitrogens with one attached hydrogen (secondary N) is 2. The first-order chi connectivity index (χ1) is 9.45. The maximum Gasteiger partial charge on any atom is 0.264 e. The number of benzene rings is 2. The van der Waals surface area contributed by atoms with Crippen molar-refractivity contribution in [1.29, 1.82) is 0 Å². The number of para-hydroxylation sites is 1. The lowest BCUT2D eigenvalue weighted by molar-refractivity contribution is 0.599. The van der Waals surface area contributed by atoms with Crippen molar-refractivity contribution >= 4 is 33.0 Å². The molecule has 0 heterocycles. The molecule has 4 nitrogen and oxygen atoms in total. The zero-order chi connectivity index (χ0) is 14.8. The minimum atomic E-state index is -3.91. The Bertz CT molecular complexity index is 735. The number of rotatable bonds is 4. The summed E-state index contributed by atoms with van der Waals surface area (Å²) in [7, 11) is -2.30. The van der Waals surface area contributed by atoms with E-state index in [0.29, 0.717) is 5.69 Å². The van der Waals surface area contributed by atoms with Gasteiger partial charge in [0.25, 0.3) is 10.0 Å². The van der Waals surface area contributed by atoms with Crippen LogP contribution < -0.4 is 10.0 Å². The average molecular weight is 315 g/mol. The van der Waals surface area contributed by atoms with Crippen LogP contribution in [0.15, 0.2) is 47.4 Å². The monoisotopic (exact) mass is 314 g/mol. The second kappa shape index (κ2) is 5.68. The van der Waals surface area contributed by atoms with Crippen molar-refractivity contribution in [2.75, 3.05) is 17.1 Å². The van der Waals surface area contributed by atoms with Crippen LogP contribution in [0.2, 0.25) is 5.02 Å². The lowest BCUT2D eigenvalue weighted by Crippen LogP contribution is -2.15. The van der Waals surface area contributed by atoms with Crippen molar-refractivity contribution in [1.82, 2.24) is 0 Å². The smallest absolute Gasteiger partial charge is 0.264 e. The van der Waals surface area contributed by atoms with Crippen LogP contribution in [0.25, 0.3) is 0 Å². The summed E-state index contributed by atoms with van der Waals surface area (Å²) in [6.45, 7) is 0. The van der Waals surface area contributed by atoms with E-state index in [1.165, 1.54) is 24.3 Å². The summed E-state index contributed by atoms with van der Waals surface area (Å²) in [4.78, 5) is 0.0295. The fourth-order valence-electron chi connectivity index (χ4n) is 1.69. The van der Waals surface area contributed by atoms with E-state index in [9.17, 15) is 12.8 Å². The molecule has 106 valence electrons. The SMILES string of the molecule is CNc1ccccc1S(=O)(=O)Nc1cccc(Cl)c1F. The summed E-state index contributed by atoms with van der Waals surface area (Å²) in [6, 6.07) is 10.4. The van der Waals surface area contributed by atoms with E-state index in [4.69, 9.17) is 11.6 Å². The molecule has 0 saturated heterocycles. The fraction of sp³-hybridized carbons (Fsp3) is 0.0769. The quantitative estimate of drug-likeness (QED) is 0.910. The van der Waals surface area contributed by atoms with Crippen molar-refractivity contribution in [2.24, 2.45) is 0 Å². The molecule has 0 aliphatic heterocycles. The Morgan fingerprint density at radius 2 is 1.70 bits per heavy atom. The van der Waals surface area contributed by atoms with Gasteiger partial charge in [-0.25, -0.2) is 12.8 Å². The normalized spacial score (nSPS) is 11.2. The molecule has 0 aliphatic rings. The number of sulfonamides is 1. The third kappa shape index (κ3) is 2.86. The molecule has 2 N–H and O–H groups in total. The van der Waals surface area contributed by atoms with Crippen molar-refractivity contribution in [3.63, 3.8) is 0 Å². The Morgan fingerprint density at radius 1 is 1.05 bits per heavy atom. The van der Waals surface area contributed by atoms with Crippen molar-refractivity contribution in [3.8, 4) is 0 Å². The molecule has 0 amide bonds. The molecule has 0 bridgehead atoms. The summed E-state index contributed by atoms with van der Waals surface area (Å²) < 4.78 is 40.5. The summed E-state index contributed by atoms with van der Waals surface area (Å²) >= 11 is 5.63.